The van der Waals surface area contributed by atoms with Crippen molar-refractivity contribution in [1.29, 1.82) is 0 Å². The van der Waals surface area contributed by atoms with Crippen LogP contribution in [0.3, 0.4) is 0 Å². The Morgan fingerprint density at radius 2 is 2.16 bits per heavy atom. The smallest absolute Gasteiger partial charge is 0.213 e. The standard InChI is InChI=1S/C13H20N4OS/c1-17-7-5-10(6-8-17)15-13(19)16-11-3-4-12(18-2)14-9-11/h3-4,9-10H,5-8H2,1-2H3,(H2,15,16,19). The second-order valence-corrected chi connectivity index (χ2v) is 5.17. The molecule has 1 aliphatic heterocycles. The normalized spacial score (nSPS) is 16.9. The van der Waals surface area contributed by atoms with Gasteiger partial charge in [0.25, 0.3) is 0 Å². The number of piperidine rings is 1. The zero-order valence-corrected chi connectivity index (χ0v) is 12.2. The molecule has 5 nitrogen and oxygen atoms in total. The molecule has 104 valence electrons. The van der Waals surface area contributed by atoms with Gasteiger partial charge >= 0.3 is 0 Å². The number of anilines is 1. The van der Waals surface area contributed by atoms with Crippen LogP contribution in [0.1, 0.15) is 12.8 Å². The molecule has 2 heterocycles. The fourth-order valence-corrected chi connectivity index (χ4v) is 2.37. The van der Waals surface area contributed by atoms with Crippen molar-refractivity contribution in [2.45, 2.75) is 18.9 Å². The number of nitrogens with one attached hydrogen (secondary N) is 2. The van der Waals surface area contributed by atoms with Gasteiger partial charge in [0.15, 0.2) is 5.11 Å². The molecule has 0 amide bonds. The van der Waals surface area contributed by atoms with Crippen LogP contribution >= 0.6 is 12.2 Å². The molecule has 0 aliphatic carbocycles. The van der Waals surface area contributed by atoms with Gasteiger partial charge in [-0.1, -0.05) is 0 Å². The molecular weight excluding hydrogens is 260 g/mol. The van der Waals surface area contributed by atoms with Crippen molar-refractivity contribution in [2.75, 3.05) is 32.6 Å². The third-order valence-electron chi connectivity index (χ3n) is 3.26. The van der Waals surface area contributed by atoms with E-state index in [1.807, 2.05) is 6.07 Å². The summed E-state index contributed by atoms with van der Waals surface area (Å²) in [5, 5.41) is 7.15. The number of ether oxygens (including phenoxy) is 1. The second-order valence-electron chi connectivity index (χ2n) is 4.77. The van der Waals surface area contributed by atoms with Crippen LogP contribution in [0.15, 0.2) is 18.3 Å². The van der Waals surface area contributed by atoms with E-state index in [1.165, 1.54) is 0 Å². The topological polar surface area (TPSA) is 49.4 Å². The minimum atomic E-state index is 0.461. The maximum atomic E-state index is 5.31. The molecule has 0 aromatic carbocycles. The van der Waals surface area contributed by atoms with Crippen LogP contribution in [0, 0.1) is 0 Å². The Kier molecular flexibility index (Phi) is 4.93. The monoisotopic (exact) mass is 280 g/mol. The number of nitrogens with zero attached hydrogens (tertiary/aromatic N) is 2. The van der Waals surface area contributed by atoms with E-state index in [0.29, 0.717) is 17.0 Å². The summed E-state index contributed by atoms with van der Waals surface area (Å²) < 4.78 is 5.01. The Morgan fingerprint density at radius 1 is 1.42 bits per heavy atom. The first-order valence-corrected chi connectivity index (χ1v) is 6.84. The highest BCUT2D eigenvalue weighted by molar-refractivity contribution is 7.80. The predicted molar refractivity (Wildman–Crippen MR) is 80.7 cm³/mol. The lowest BCUT2D eigenvalue weighted by atomic mass is 10.1. The first kappa shape index (κ1) is 14.0. The van der Waals surface area contributed by atoms with E-state index in [0.717, 1.165) is 31.6 Å². The highest BCUT2D eigenvalue weighted by Gasteiger charge is 2.16. The van der Waals surface area contributed by atoms with Crippen molar-refractivity contribution in [3.8, 4) is 5.88 Å². The highest BCUT2D eigenvalue weighted by atomic mass is 32.1. The lowest BCUT2D eigenvalue weighted by Gasteiger charge is -2.30. The van der Waals surface area contributed by atoms with Gasteiger partial charge in [0.1, 0.15) is 0 Å². The van der Waals surface area contributed by atoms with Gasteiger partial charge in [-0.05, 0) is 51.3 Å². The Hall–Kier alpha value is -1.40. The minimum Gasteiger partial charge on any atom is -0.481 e. The molecule has 0 saturated carbocycles. The third kappa shape index (κ3) is 4.33. The first-order valence-electron chi connectivity index (χ1n) is 6.43. The van der Waals surface area contributed by atoms with Crippen molar-refractivity contribution in [3.05, 3.63) is 18.3 Å². The Morgan fingerprint density at radius 3 is 2.74 bits per heavy atom. The molecule has 1 saturated heterocycles. The van der Waals surface area contributed by atoms with Gasteiger partial charge in [-0.3, -0.25) is 0 Å². The zero-order chi connectivity index (χ0) is 13.7. The fourth-order valence-electron chi connectivity index (χ4n) is 2.08. The SMILES string of the molecule is COc1ccc(NC(=S)NC2CCN(C)CC2)cn1. The maximum Gasteiger partial charge on any atom is 0.213 e. The van der Waals surface area contributed by atoms with Gasteiger partial charge < -0.3 is 20.3 Å². The number of rotatable bonds is 3. The molecule has 0 spiro atoms. The van der Waals surface area contributed by atoms with E-state index in [2.05, 4.69) is 27.6 Å². The summed E-state index contributed by atoms with van der Waals surface area (Å²) >= 11 is 5.31. The van der Waals surface area contributed by atoms with Gasteiger partial charge in [0, 0.05) is 12.1 Å². The van der Waals surface area contributed by atoms with Crippen LogP contribution < -0.4 is 15.4 Å². The number of aromatic nitrogens is 1. The molecule has 2 N–H and O–H groups in total. The van der Waals surface area contributed by atoms with Crippen molar-refractivity contribution in [3.63, 3.8) is 0 Å². The van der Waals surface area contributed by atoms with Crippen LogP contribution in [0.25, 0.3) is 0 Å². The largest absolute Gasteiger partial charge is 0.481 e. The number of thiocarbonyl (C=S) groups is 1. The van der Waals surface area contributed by atoms with E-state index in [4.69, 9.17) is 17.0 Å². The lowest BCUT2D eigenvalue weighted by Crippen LogP contribution is -2.44. The lowest BCUT2D eigenvalue weighted by molar-refractivity contribution is 0.247. The molecule has 0 atom stereocenters. The van der Waals surface area contributed by atoms with E-state index in [1.54, 1.807) is 19.4 Å². The summed E-state index contributed by atoms with van der Waals surface area (Å²) in [4.78, 5) is 6.46. The molecule has 0 unspecified atom stereocenters. The van der Waals surface area contributed by atoms with Gasteiger partial charge in [0.05, 0.1) is 19.0 Å². The second kappa shape index (κ2) is 6.68. The Bertz CT molecular complexity index is 415. The summed E-state index contributed by atoms with van der Waals surface area (Å²) in [5.41, 5.74) is 0.867. The molecule has 0 bridgehead atoms. The molecular formula is C13H20N4OS. The van der Waals surface area contributed by atoms with Crippen molar-refractivity contribution < 1.29 is 4.74 Å². The van der Waals surface area contributed by atoms with E-state index < -0.39 is 0 Å². The first-order chi connectivity index (χ1) is 9.17. The predicted octanol–water partition coefficient (Wildman–Crippen LogP) is 1.47. The van der Waals surface area contributed by atoms with Crippen LogP contribution in [-0.4, -0.2) is 48.3 Å². The minimum absolute atomic E-state index is 0.461. The van der Waals surface area contributed by atoms with Gasteiger partial charge in [-0.2, -0.15) is 0 Å². The van der Waals surface area contributed by atoms with Gasteiger partial charge in [0.2, 0.25) is 5.88 Å². The highest BCUT2D eigenvalue weighted by Crippen LogP contribution is 2.12. The Balaban J connectivity index is 1.80. The quantitative estimate of drug-likeness (QED) is 0.818. The molecule has 2 rings (SSSR count). The number of hydrogen-bond acceptors (Lipinski definition) is 4. The number of likely N-dealkylation sites (tertiary alicyclic amines) is 1. The molecule has 1 fully saturated rings. The summed E-state index contributed by atoms with van der Waals surface area (Å²) in [7, 11) is 3.75. The summed E-state index contributed by atoms with van der Waals surface area (Å²) in [5.74, 6) is 0.597. The molecule has 1 aliphatic rings. The molecule has 1 aromatic rings. The van der Waals surface area contributed by atoms with E-state index >= 15 is 0 Å². The third-order valence-corrected chi connectivity index (χ3v) is 3.48. The average Bonchev–Trinajstić information content (AvgIpc) is 2.42. The van der Waals surface area contributed by atoms with Crippen LogP contribution in [0.2, 0.25) is 0 Å². The van der Waals surface area contributed by atoms with Gasteiger partial charge in [-0.15, -0.1) is 0 Å². The number of hydrogen-bond donors (Lipinski definition) is 2. The maximum absolute atomic E-state index is 5.31. The summed E-state index contributed by atoms with van der Waals surface area (Å²) in [6.07, 6.45) is 3.96. The molecule has 6 heteroatoms. The number of methoxy groups -OCH3 is 1. The summed E-state index contributed by atoms with van der Waals surface area (Å²) in [6, 6.07) is 4.16. The molecule has 0 radical (unpaired) electrons. The van der Waals surface area contributed by atoms with Crippen LogP contribution in [0.5, 0.6) is 5.88 Å². The van der Waals surface area contributed by atoms with Crippen molar-refractivity contribution in [1.82, 2.24) is 15.2 Å². The van der Waals surface area contributed by atoms with Crippen molar-refractivity contribution in [2.24, 2.45) is 0 Å². The average molecular weight is 280 g/mol. The van der Waals surface area contributed by atoms with E-state index in [9.17, 15) is 0 Å². The Labute approximate surface area is 119 Å². The number of pyridine rings is 1. The van der Waals surface area contributed by atoms with Crippen molar-refractivity contribution >= 4 is 23.0 Å². The molecule has 19 heavy (non-hydrogen) atoms. The fraction of sp³-hybridized carbons (Fsp3) is 0.538. The summed E-state index contributed by atoms with van der Waals surface area (Å²) in [6.45, 7) is 2.23. The zero-order valence-electron chi connectivity index (χ0n) is 11.3. The van der Waals surface area contributed by atoms with Gasteiger partial charge in [-0.25, -0.2) is 4.98 Å². The van der Waals surface area contributed by atoms with E-state index in [-0.39, 0.29) is 0 Å². The molecule has 1 aromatic heterocycles. The van der Waals surface area contributed by atoms with Crippen LogP contribution in [-0.2, 0) is 0 Å². The van der Waals surface area contributed by atoms with Crippen LogP contribution in [0.4, 0.5) is 5.69 Å².